The highest BCUT2D eigenvalue weighted by Gasteiger charge is 2.34. The zero-order valence-corrected chi connectivity index (χ0v) is 11.8. The molecular weight excluding hydrogens is 252 g/mol. The van der Waals surface area contributed by atoms with Gasteiger partial charge < -0.3 is 15.7 Å². The number of carboxylic acid groups (broad SMARTS) is 1. The predicted octanol–water partition coefficient (Wildman–Crippen LogP) is 1.78. The topological polar surface area (TPSA) is 78.4 Å². The number of hydrogen-bond donors (Lipinski definition) is 4. The summed E-state index contributed by atoms with van der Waals surface area (Å²) in [4.78, 5) is 22.8. The first-order valence-corrected chi connectivity index (χ1v) is 6.77. The van der Waals surface area contributed by atoms with Crippen LogP contribution in [-0.2, 0) is 4.79 Å². The molecular formula is C12H22N2O3S. The molecule has 1 unspecified atom stereocenters. The molecule has 1 rings (SSSR count). The van der Waals surface area contributed by atoms with Gasteiger partial charge in [-0.2, -0.15) is 12.6 Å². The van der Waals surface area contributed by atoms with Crippen LogP contribution in [0.1, 0.15) is 46.0 Å². The molecule has 0 bridgehead atoms. The first kappa shape index (κ1) is 15.1. The van der Waals surface area contributed by atoms with E-state index < -0.39 is 22.8 Å². The standard InChI is InChI=1S/C12H22N2O3S/c1-12(2,18)9(10(15)16)14-11(17)13-8-6-4-3-5-7-8/h8-9,18H,3-7H2,1-2H3,(H,15,16)(H2,13,14,17). The van der Waals surface area contributed by atoms with Crippen LogP contribution in [0, 0.1) is 0 Å². The molecule has 0 heterocycles. The van der Waals surface area contributed by atoms with Gasteiger partial charge in [0.15, 0.2) is 0 Å². The quantitative estimate of drug-likeness (QED) is 0.590. The van der Waals surface area contributed by atoms with Gasteiger partial charge in [0.2, 0.25) is 0 Å². The highest BCUT2D eigenvalue weighted by atomic mass is 32.1. The summed E-state index contributed by atoms with van der Waals surface area (Å²) in [6.45, 7) is 3.32. The average Bonchev–Trinajstić information content (AvgIpc) is 2.25. The maximum atomic E-state index is 11.8. The molecule has 0 saturated heterocycles. The molecule has 5 nitrogen and oxygen atoms in total. The van der Waals surface area contributed by atoms with E-state index in [1.54, 1.807) is 13.8 Å². The summed E-state index contributed by atoms with van der Waals surface area (Å²) >= 11 is 4.21. The zero-order chi connectivity index (χ0) is 13.8. The van der Waals surface area contributed by atoms with Crippen LogP contribution in [0.4, 0.5) is 4.79 Å². The Bertz CT molecular complexity index is 309. The Morgan fingerprint density at radius 3 is 2.28 bits per heavy atom. The molecule has 104 valence electrons. The SMILES string of the molecule is CC(C)(S)C(NC(=O)NC1CCCCC1)C(=O)O. The van der Waals surface area contributed by atoms with Gasteiger partial charge in [0.1, 0.15) is 6.04 Å². The highest BCUT2D eigenvalue weighted by molar-refractivity contribution is 7.81. The highest BCUT2D eigenvalue weighted by Crippen LogP contribution is 2.19. The minimum Gasteiger partial charge on any atom is -0.480 e. The first-order valence-electron chi connectivity index (χ1n) is 6.33. The van der Waals surface area contributed by atoms with E-state index in [9.17, 15) is 9.59 Å². The van der Waals surface area contributed by atoms with Crippen molar-refractivity contribution in [3.05, 3.63) is 0 Å². The summed E-state index contributed by atoms with van der Waals surface area (Å²) in [7, 11) is 0. The maximum absolute atomic E-state index is 11.8. The minimum atomic E-state index is -1.08. The summed E-state index contributed by atoms with van der Waals surface area (Å²) in [6.07, 6.45) is 5.38. The van der Waals surface area contributed by atoms with Gasteiger partial charge >= 0.3 is 12.0 Å². The van der Waals surface area contributed by atoms with E-state index in [-0.39, 0.29) is 6.04 Å². The lowest BCUT2D eigenvalue weighted by atomic mass is 9.96. The van der Waals surface area contributed by atoms with Gasteiger partial charge in [0.25, 0.3) is 0 Å². The summed E-state index contributed by atoms with van der Waals surface area (Å²) in [5, 5.41) is 14.4. The lowest BCUT2D eigenvalue weighted by Crippen LogP contribution is -2.55. The van der Waals surface area contributed by atoms with Crippen LogP contribution in [0.5, 0.6) is 0 Å². The number of carbonyl (C=O) groups is 2. The van der Waals surface area contributed by atoms with Gasteiger partial charge in [-0.25, -0.2) is 9.59 Å². The van der Waals surface area contributed by atoms with Crippen molar-refractivity contribution in [2.75, 3.05) is 0 Å². The molecule has 0 aromatic heterocycles. The van der Waals surface area contributed by atoms with Crippen molar-refractivity contribution >= 4 is 24.6 Å². The van der Waals surface area contributed by atoms with E-state index in [1.165, 1.54) is 6.42 Å². The fourth-order valence-electron chi connectivity index (χ4n) is 2.15. The fraction of sp³-hybridized carbons (Fsp3) is 0.833. The smallest absolute Gasteiger partial charge is 0.327 e. The molecule has 1 fully saturated rings. The summed E-state index contributed by atoms with van der Waals surface area (Å²) < 4.78 is -0.810. The molecule has 2 amide bonds. The van der Waals surface area contributed by atoms with E-state index in [0.29, 0.717) is 0 Å². The average molecular weight is 274 g/mol. The molecule has 1 atom stereocenters. The van der Waals surface area contributed by atoms with E-state index >= 15 is 0 Å². The van der Waals surface area contributed by atoms with Crippen molar-refractivity contribution in [2.45, 2.75) is 62.8 Å². The molecule has 1 aliphatic rings. The molecule has 0 aromatic carbocycles. The number of nitrogens with one attached hydrogen (secondary N) is 2. The second-order valence-electron chi connectivity index (χ2n) is 5.38. The predicted molar refractivity (Wildman–Crippen MR) is 73.0 cm³/mol. The summed E-state index contributed by atoms with van der Waals surface area (Å²) in [5.74, 6) is -1.08. The third-order valence-corrected chi connectivity index (χ3v) is 3.43. The van der Waals surface area contributed by atoms with E-state index in [2.05, 4.69) is 23.3 Å². The third-order valence-electron chi connectivity index (χ3n) is 3.17. The normalized spacial score (nSPS) is 19.1. The van der Waals surface area contributed by atoms with Crippen LogP contribution in [0.2, 0.25) is 0 Å². The second kappa shape index (κ2) is 6.31. The number of carbonyl (C=O) groups excluding carboxylic acids is 1. The molecule has 0 aromatic rings. The van der Waals surface area contributed by atoms with Gasteiger partial charge in [-0.1, -0.05) is 19.3 Å². The second-order valence-corrected chi connectivity index (χ2v) is 6.53. The molecule has 0 radical (unpaired) electrons. The van der Waals surface area contributed by atoms with Gasteiger partial charge in [0, 0.05) is 10.8 Å². The van der Waals surface area contributed by atoms with Crippen molar-refractivity contribution < 1.29 is 14.7 Å². The number of hydrogen-bond acceptors (Lipinski definition) is 3. The van der Waals surface area contributed by atoms with Crippen molar-refractivity contribution in [3.8, 4) is 0 Å². The molecule has 3 N–H and O–H groups in total. The molecule has 6 heteroatoms. The number of rotatable bonds is 4. The zero-order valence-electron chi connectivity index (χ0n) is 10.9. The number of thiol groups is 1. The molecule has 1 aliphatic carbocycles. The lowest BCUT2D eigenvalue weighted by molar-refractivity contribution is -0.139. The molecule has 0 aliphatic heterocycles. The maximum Gasteiger partial charge on any atom is 0.327 e. The minimum absolute atomic E-state index is 0.163. The molecule has 18 heavy (non-hydrogen) atoms. The van der Waals surface area contributed by atoms with Crippen LogP contribution in [0.3, 0.4) is 0 Å². The lowest BCUT2D eigenvalue weighted by Gasteiger charge is -2.29. The van der Waals surface area contributed by atoms with Crippen molar-refractivity contribution in [1.82, 2.24) is 10.6 Å². The van der Waals surface area contributed by atoms with E-state index in [1.807, 2.05) is 0 Å². The Balaban J connectivity index is 2.48. The van der Waals surface area contributed by atoms with Crippen LogP contribution >= 0.6 is 12.6 Å². The van der Waals surface area contributed by atoms with Gasteiger partial charge in [-0.3, -0.25) is 0 Å². The van der Waals surface area contributed by atoms with Crippen molar-refractivity contribution in [2.24, 2.45) is 0 Å². The Morgan fingerprint density at radius 2 is 1.83 bits per heavy atom. The van der Waals surface area contributed by atoms with E-state index in [0.717, 1.165) is 25.7 Å². The van der Waals surface area contributed by atoms with Crippen molar-refractivity contribution in [3.63, 3.8) is 0 Å². The first-order chi connectivity index (χ1) is 8.30. The van der Waals surface area contributed by atoms with Gasteiger partial charge in [0.05, 0.1) is 0 Å². The largest absolute Gasteiger partial charge is 0.480 e. The summed E-state index contributed by atoms with van der Waals surface area (Å²) in [6, 6.07) is -1.27. The Labute approximate surface area is 113 Å². The molecule has 1 saturated carbocycles. The monoisotopic (exact) mass is 274 g/mol. The van der Waals surface area contributed by atoms with Crippen LogP contribution in [0.15, 0.2) is 0 Å². The van der Waals surface area contributed by atoms with E-state index in [4.69, 9.17) is 5.11 Å². The van der Waals surface area contributed by atoms with Gasteiger partial charge in [-0.15, -0.1) is 0 Å². The van der Waals surface area contributed by atoms with Crippen LogP contribution in [-0.4, -0.2) is 33.9 Å². The van der Waals surface area contributed by atoms with Crippen molar-refractivity contribution in [1.29, 1.82) is 0 Å². The number of carboxylic acids is 1. The Kier molecular flexibility index (Phi) is 5.31. The number of aliphatic carboxylic acids is 1. The number of amides is 2. The summed E-state index contributed by atoms with van der Waals surface area (Å²) in [5.41, 5.74) is 0. The van der Waals surface area contributed by atoms with Gasteiger partial charge in [-0.05, 0) is 26.7 Å². The third kappa shape index (κ3) is 4.76. The fourth-order valence-corrected chi connectivity index (χ4v) is 2.32. The Morgan fingerprint density at radius 1 is 1.28 bits per heavy atom. The van der Waals surface area contributed by atoms with Crippen LogP contribution in [0.25, 0.3) is 0 Å². The molecule has 0 spiro atoms. The number of urea groups is 1. The van der Waals surface area contributed by atoms with Crippen LogP contribution < -0.4 is 10.6 Å². The Hall–Kier alpha value is -0.910.